The number of aromatic nitrogens is 1. The third-order valence-electron chi connectivity index (χ3n) is 4.32. The maximum Gasteiger partial charge on any atom is 0.241 e. The van der Waals surface area contributed by atoms with Gasteiger partial charge in [0.25, 0.3) is 0 Å². The van der Waals surface area contributed by atoms with Gasteiger partial charge in [-0.3, -0.25) is 4.79 Å². The van der Waals surface area contributed by atoms with Gasteiger partial charge in [0, 0.05) is 18.3 Å². The topological polar surface area (TPSA) is 76.4 Å². The molecule has 2 heterocycles. The minimum Gasteiger partial charge on any atom is -0.496 e. The minimum absolute atomic E-state index is 0.0570. The Morgan fingerprint density at radius 3 is 2.82 bits per heavy atom. The number of amides is 1. The van der Waals surface area contributed by atoms with E-state index < -0.39 is 0 Å². The Hall–Kier alpha value is -2.64. The van der Waals surface area contributed by atoms with Gasteiger partial charge in [-0.25, -0.2) is 4.98 Å². The number of carbonyl (C=O) groups excluding carboxylic acids is 1. The van der Waals surface area contributed by atoms with Crippen LogP contribution in [0.1, 0.15) is 25.8 Å². The fourth-order valence-electron chi connectivity index (χ4n) is 2.94. The van der Waals surface area contributed by atoms with Crippen LogP contribution in [0.3, 0.4) is 0 Å². The Labute approximate surface area is 168 Å². The minimum atomic E-state index is -0.278. The molecule has 0 bridgehead atoms. The van der Waals surface area contributed by atoms with E-state index in [9.17, 15) is 4.79 Å². The molecule has 2 aromatic heterocycles. The first-order valence-corrected chi connectivity index (χ1v) is 10.1. The van der Waals surface area contributed by atoms with Crippen molar-refractivity contribution in [3.8, 4) is 17.1 Å². The van der Waals surface area contributed by atoms with Crippen molar-refractivity contribution in [3.63, 3.8) is 0 Å². The molecule has 7 heteroatoms. The number of thiophene rings is 1. The summed E-state index contributed by atoms with van der Waals surface area (Å²) < 4.78 is 10.8. The van der Waals surface area contributed by atoms with Crippen LogP contribution >= 0.6 is 11.3 Å². The van der Waals surface area contributed by atoms with Gasteiger partial charge in [0.15, 0.2) is 12.2 Å². The van der Waals surface area contributed by atoms with Crippen LogP contribution in [0.4, 0.5) is 5.69 Å². The van der Waals surface area contributed by atoms with Crippen molar-refractivity contribution >= 4 is 22.9 Å². The lowest BCUT2D eigenvalue weighted by atomic mass is 10.0. The molecule has 3 rings (SSSR count). The van der Waals surface area contributed by atoms with Gasteiger partial charge in [-0.05, 0) is 46.9 Å². The van der Waals surface area contributed by atoms with E-state index in [0.29, 0.717) is 29.7 Å². The number of hydrogen-bond donors (Lipinski definition) is 2. The van der Waals surface area contributed by atoms with Gasteiger partial charge in [0.05, 0.1) is 24.9 Å². The lowest BCUT2D eigenvalue weighted by molar-refractivity contribution is -0.118. The molecule has 0 fully saturated rings. The van der Waals surface area contributed by atoms with Crippen molar-refractivity contribution in [2.75, 3.05) is 12.4 Å². The van der Waals surface area contributed by atoms with Crippen LogP contribution in [0.2, 0.25) is 0 Å². The molecule has 0 aliphatic rings. The largest absolute Gasteiger partial charge is 0.496 e. The van der Waals surface area contributed by atoms with E-state index in [1.165, 1.54) is 12.0 Å². The van der Waals surface area contributed by atoms with E-state index in [-0.39, 0.29) is 11.9 Å². The second-order valence-electron chi connectivity index (χ2n) is 6.96. The lowest BCUT2D eigenvalue weighted by Crippen LogP contribution is -2.41. The van der Waals surface area contributed by atoms with Crippen LogP contribution in [0.25, 0.3) is 11.3 Å². The van der Waals surface area contributed by atoms with Crippen molar-refractivity contribution in [2.24, 2.45) is 5.92 Å². The number of nitrogens with one attached hydrogen (secondary N) is 2. The second-order valence-corrected chi connectivity index (χ2v) is 7.74. The summed E-state index contributed by atoms with van der Waals surface area (Å²) in [7, 11) is 1.59. The number of methoxy groups -OCH3 is 1. The summed E-state index contributed by atoms with van der Waals surface area (Å²) in [5.41, 5.74) is 2.65. The van der Waals surface area contributed by atoms with E-state index in [1.54, 1.807) is 30.7 Å². The Morgan fingerprint density at radius 1 is 1.32 bits per heavy atom. The van der Waals surface area contributed by atoms with Crippen LogP contribution in [0.5, 0.6) is 5.75 Å². The maximum atomic E-state index is 12.9. The van der Waals surface area contributed by atoms with Gasteiger partial charge in [-0.15, -0.1) is 0 Å². The first-order chi connectivity index (χ1) is 13.6. The summed E-state index contributed by atoms with van der Waals surface area (Å²) >= 11 is 1.65. The van der Waals surface area contributed by atoms with Crippen LogP contribution in [0.15, 0.2) is 52.0 Å². The molecule has 28 heavy (non-hydrogen) atoms. The summed E-state index contributed by atoms with van der Waals surface area (Å²) in [5.74, 6) is 1.57. The van der Waals surface area contributed by atoms with E-state index in [1.807, 2.05) is 17.5 Å². The second kappa shape index (κ2) is 9.52. The lowest BCUT2D eigenvalue weighted by Gasteiger charge is -2.20. The molecule has 2 N–H and O–H groups in total. The smallest absolute Gasteiger partial charge is 0.241 e. The predicted molar refractivity (Wildman–Crippen MR) is 112 cm³/mol. The van der Waals surface area contributed by atoms with Crippen molar-refractivity contribution in [2.45, 2.75) is 32.9 Å². The molecule has 1 atom stereocenters. The number of rotatable bonds is 9. The molecule has 0 unspecified atom stereocenters. The highest BCUT2D eigenvalue weighted by atomic mass is 32.1. The normalized spacial score (nSPS) is 12.1. The van der Waals surface area contributed by atoms with Gasteiger partial charge in [0.1, 0.15) is 5.75 Å². The number of ether oxygens (including phenoxy) is 1. The molecule has 3 aromatic rings. The number of hydrogen-bond acceptors (Lipinski definition) is 6. The summed E-state index contributed by atoms with van der Waals surface area (Å²) in [6.07, 6.45) is 3.76. The SMILES string of the molecule is COc1cc(NC(=O)[C@@H](CC(C)C)NCc2ccsc2)ccc1-c1cnco1. The van der Waals surface area contributed by atoms with Crippen LogP contribution in [-0.4, -0.2) is 24.0 Å². The highest BCUT2D eigenvalue weighted by molar-refractivity contribution is 7.07. The fourth-order valence-corrected chi connectivity index (χ4v) is 3.61. The van der Waals surface area contributed by atoms with E-state index >= 15 is 0 Å². The standard InChI is InChI=1S/C21H25N3O3S/c1-14(2)8-18(23-10-15-6-7-28-12-15)21(25)24-16-4-5-17(19(9-16)26-3)20-11-22-13-27-20/h4-7,9,11-14,18,23H,8,10H2,1-3H3,(H,24,25)/t18-/m1/s1. The third-order valence-corrected chi connectivity index (χ3v) is 5.06. The van der Waals surface area contributed by atoms with Crippen molar-refractivity contribution < 1.29 is 13.9 Å². The zero-order valence-corrected chi connectivity index (χ0v) is 17.1. The molecule has 0 aliphatic heterocycles. The molecule has 0 saturated heterocycles. The Morgan fingerprint density at radius 2 is 2.18 bits per heavy atom. The van der Waals surface area contributed by atoms with Crippen LogP contribution < -0.4 is 15.4 Å². The first-order valence-electron chi connectivity index (χ1n) is 9.19. The average Bonchev–Trinajstić information content (AvgIpc) is 3.38. The van der Waals surface area contributed by atoms with Gasteiger partial charge in [-0.1, -0.05) is 13.8 Å². The monoisotopic (exact) mass is 399 g/mol. The van der Waals surface area contributed by atoms with Crippen molar-refractivity contribution in [3.05, 3.63) is 53.2 Å². The summed E-state index contributed by atoms with van der Waals surface area (Å²) in [4.78, 5) is 16.8. The van der Waals surface area contributed by atoms with E-state index in [4.69, 9.17) is 9.15 Å². The number of nitrogens with zero attached hydrogens (tertiary/aromatic N) is 1. The first kappa shape index (κ1) is 20.1. The molecule has 0 aliphatic carbocycles. The number of anilines is 1. The molecular weight excluding hydrogens is 374 g/mol. The highest BCUT2D eigenvalue weighted by Gasteiger charge is 2.20. The Bertz CT molecular complexity index is 876. The Balaban J connectivity index is 1.71. The van der Waals surface area contributed by atoms with E-state index in [2.05, 4.69) is 40.9 Å². The molecule has 0 saturated carbocycles. The predicted octanol–water partition coefficient (Wildman–Crippen LogP) is 4.55. The van der Waals surface area contributed by atoms with Gasteiger partial charge < -0.3 is 19.8 Å². The summed E-state index contributed by atoms with van der Waals surface area (Å²) in [6.45, 7) is 4.89. The van der Waals surface area contributed by atoms with Gasteiger partial charge >= 0.3 is 0 Å². The maximum absolute atomic E-state index is 12.9. The molecular formula is C21H25N3O3S. The number of carbonyl (C=O) groups is 1. The highest BCUT2D eigenvalue weighted by Crippen LogP contribution is 2.32. The number of oxazole rings is 1. The summed E-state index contributed by atoms with van der Waals surface area (Å²) in [5, 5.41) is 10.5. The quantitative estimate of drug-likeness (QED) is 0.552. The third kappa shape index (κ3) is 5.21. The van der Waals surface area contributed by atoms with Crippen LogP contribution in [-0.2, 0) is 11.3 Å². The fraction of sp³-hybridized carbons (Fsp3) is 0.333. The van der Waals surface area contributed by atoms with E-state index in [0.717, 1.165) is 12.0 Å². The van der Waals surface area contributed by atoms with Crippen LogP contribution in [0, 0.1) is 5.92 Å². The molecule has 1 aromatic carbocycles. The molecule has 0 spiro atoms. The molecule has 148 valence electrons. The molecule has 1 amide bonds. The molecule has 6 nitrogen and oxygen atoms in total. The molecule has 0 radical (unpaired) electrons. The number of benzene rings is 1. The van der Waals surface area contributed by atoms with Gasteiger partial charge in [-0.2, -0.15) is 11.3 Å². The van der Waals surface area contributed by atoms with Gasteiger partial charge in [0.2, 0.25) is 5.91 Å². The zero-order chi connectivity index (χ0) is 19.9. The average molecular weight is 400 g/mol. The van der Waals surface area contributed by atoms with Crippen molar-refractivity contribution in [1.82, 2.24) is 10.3 Å². The van der Waals surface area contributed by atoms with Crippen molar-refractivity contribution in [1.29, 1.82) is 0 Å². The zero-order valence-electron chi connectivity index (χ0n) is 16.3. The Kier molecular flexibility index (Phi) is 6.84. The summed E-state index contributed by atoms with van der Waals surface area (Å²) in [6, 6.07) is 7.27.